The molecule has 0 saturated carbocycles. The Hall–Kier alpha value is -3.81. The van der Waals surface area contributed by atoms with Crippen molar-refractivity contribution in [2.24, 2.45) is 0 Å². The molecule has 2 aromatic heterocycles. The van der Waals surface area contributed by atoms with Crippen molar-refractivity contribution in [1.82, 2.24) is 20.6 Å². The fraction of sp³-hybridized carbons (Fsp3) is 0.143. The Morgan fingerprint density at radius 2 is 1.83 bits per heavy atom. The summed E-state index contributed by atoms with van der Waals surface area (Å²) >= 11 is 0. The highest BCUT2D eigenvalue weighted by molar-refractivity contribution is 5.92. The third-order valence-corrected chi connectivity index (χ3v) is 4.31. The first-order valence-corrected chi connectivity index (χ1v) is 8.94. The number of hydrogen-bond donors (Lipinski definition) is 1. The molecule has 2 aromatic carbocycles. The predicted molar refractivity (Wildman–Crippen MR) is 102 cm³/mol. The molecule has 7 nitrogen and oxygen atoms in total. The number of halogens is 1. The van der Waals surface area contributed by atoms with Gasteiger partial charge in [0.2, 0.25) is 17.5 Å². The lowest BCUT2D eigenvalue weighted by molar-refractivity contribution is 0.0895. The van der Waals surface area contributed by atoms with E-state index in [9.17, 15) is 9.18 Å². The highest BCUT2D eigenvalue weighted by Gasteiger charge is 2.21. The number of nitrogens with one attached hydrogen (secondary N) is 1. The van der Waals surface area contributed by atoms with Gasteiger partial charge in [-0.3, -0.25) is 4.79 Å². The Labute approximate surface area is 165 Å². The molecule has 0 spiro atoms. The molecule has 0 aliphatic rings. The Balaban J connectivity index is 1.45. The minimum Gasteiger partial charge on any atom is -0.350 e. The lowest BCUT2D eigenvalue weighted by Gasteiger charge is -2.07. The van der Waals surface area contributed by atoms with E-state index in [4.69, 9.17) is 9.05 Å². The van der Waals surface area contributed by atoms with E-state index in [1.807, 2.05) is 31.2 Å². The van der Waals surface area contributed by atoms with Gasteiger partial charge in [-0.15, -0.1) is 0 Å². The summed E-state index contributed by atoms with van der Waals surface area (Å²) in [6.07, 6.45) is 0. The highest BCUT2D eigenvalue weighted by atomic mass is 19.1. The van der Waals surface area contributed by atoms with Gasteiger partial charge in [0.05, 0.1) is 0 Å². The zero-order valence-corrected chi connectivity index (χ0v) is 15.7. The molecular formula is C21H17FN4O3. The number of aryl methyl sites for hydroxylation is 1. The molecule has 0 fully saturated rings. The maximum Gasteiger partial charge on any atom is 0.290 e. The van der Waals surface area contributed by atoms with Gasteiger partial charge >= 0.3 is 0 Å². The molecule has 0 saturated heterocycles. The molecule has 8 heteroatoms. The molecule has 0 aliphatic carbocycles. The summed E-state index contributed by atoms with van der Waals surface area (Å²) in [5.74, 6) is -0.0897. The average molecular weight is 392 g/mol. The molecule has 2 heterocycles. The van der Waals surface area contributed by atoms with E-state index < -0.39 is 11.9 Å². The quantitative estimate of drug-likeness (QED) is 0.543. The van der Waals surface area contributed by atoms with E-state index in [0.29, 0.717) is 17.1 Å². The van der Waals surface area contributed by atoms with Gasteiger partial charge in [0, 0.05) is 17.2 Å². The van der Waals surface area contributed by atoms with Crippen LogP contribution < -0.4 is 5.32 Å². The van der Waals surface area contributed by atoms with E-state index in [1.165, 1.54) is 18.2 Å². The van der Waals surface area contributed by atoms with E-state index in [1.54, 1.807) is 19.1 Å². The van der Waals surface area contributed by atoms with Crippen LogP contribution in [0.25, 0.3) is 22.6 Å². The molecule has 1 amide bonds. The Morgan fingerprint density at radius 1 is 1.03 bits per heavy atom. The van der Waals surface area contributed by atoms with Crippen LogP contribution in [-0.4, -0.2) is 21.2 Å². The second-order valence-electron chi connectivity index (χ2n) is 6.60. The van der Waals surface area contributed by atoms with Crippen LogP contribution in [0.3, 0.4) is 0 Å². The van der Waals surface area contributed by atoms with Crippen LogP contribution in [0.15, 0.2) is 63.6 Å². The Kier molecular flexibility index (Phi) is 4.90. The van der Waals surface area contributed by atoms with Gasteiger partial charge in [-0.2, -0.15) is 4.98 Å². The van der Waals surface area contributed by atoms with Crippen molar-refractivity contribution >= 4 is 5.91 Å². The smallest absolute Gasteiger partial charge is 0.290 e. The SMILES string of the molecule is Cc1cccc(-c2noc(C(C)NC(=O)c3cc(-c4ccc(F)cc4)no3)n2)c1. The summed E-state index contributed by atoms with van der Waals surface area (Å²) < 4.78 is 23.4. The number of hydrogen-bond acceptors (Lipinski definition) is 6. The topological polar surface area (TPSA) is 94.1 Å². The van der Waals surface area contributed by atoms with Gasteiger partial charge < -0.3 is 14.4 Å². The third kappa shape index (κ3) is 4.06. The van der Waals surface area contributed by atoms with Gasteiger partial charge in [-0.05, 0) is 44.2 Å². The Morgan fingerprint density at radius 3 is 2.59 bits per heavy atom. The maximum absolute atomic E-state index is 13.0. The summed E-state index contributed by atoms with van der Waals surface area (Å²) in [5, 5.41) is 10.6. The average Bonchev–Trinajstić information content (AvgIpc) is 3.39. The van der Waals surface area contributed by atoms with Crippen LogP contribution in [0.4, 0.5) is 4.39 Å². The van der Waals surface area contributed by atoms with Crippen LogP contribution in [-0.2, 0) is 0 Å². The van der Waals surface area contributed by atoms with Gasteiger partial charge in [0.15, 0.2) is 0 Å². The molecule has 4 rings (SSSR count). The fourth-order valence-corrected chi connectivity index (χ4v) is 2.78. The lowest BCUT2D eigenvalue weighted by atomic mass is 10.1. The zero-order valence-electron chi connectivity index (χ0n) is 15.7. The summed E-state index contributed by atoms with van der Waals surface area (Å²) in [5.41, 5.74) is 2.99. The molecule has 1 N–H and O–H groups in total. The maximum atomic E-state index is 13.0. The molecule has 0 radical (unpaired) electrons. The van der Waals surface area contributed by atoms with Crippen LogP contribution in [0, 0.1) is 12.7 Å². The predicted octanol–water partition coefficient (Wildman–Crippen LogP) is 4.33. The van der Waals surface area contributed by atoms with Crippen molar-refractivity contribution in [1.29, 1.82) is 0 Å². The normalized spacial score (nSPS) is 12.0. The van der Waals surface area contributed by atoms with Crippen LogP contribution in [0.2, 0.25) is 0 Å². The van der Waals surface area contributed by atoms with Gasteiger partial charge in [-0.25, -0.2) is 4.39 Å². The van der Waals surface area contributed by atoms with Crippen molar-refractivity contribution in [3.63, 3.8) is 0 Å². The van der Waals surface area contributed by atoms with Crippen molar-refractivity contribution in [3.05, 3.63) is 77.6 Å². The van der Waals surface area contributed by atoms with Gasteiger partial charge in [-0.1, -0.05) is 34.1 Å². The number of rotatable bonds is 5. The van der Waals surface area contributed by atoms with E-state index in [0.717, 1.165) is 11.1 Å². The number of carbonyl (C=O) groups excluding carboxylic acids is 1. The number of carbonyl (C=O) groups is 1. The largest absolute Gasteiger partial charge is 0.350 e. The first-order valence-electron chi connectivity index (χ1n) is 8.94. The zero-order chi connectivity index (χ0) is 20.4. The standard InChI is InChI=1S/C21H17FN4O3/c1-12-4-3-5-15(10-12)19-24-21(29-26-19)13(2)23-20(27)18-11-17(25-28-18)14-6-8-16(22)9-7-14/h3-11,13H,1-2H3,(H,23,27). The molecule has 0 aliphatic heterocycles. The summed E-state index contributed by atoms with van der Waals surface area (Å²) in [6.45, 7) is 3.70. The fourth-order valence-electron chi connectivity index (χ4n) is 2.78. The molecule has 146 valence electrons. The van der Waals surface area contributed by atoms with Gasteiger partial charge in [0.1, 0.15) is 17.6 Å². The molecule has 1 unspecified atom stereocenters. The molecule has 29 heavy (non-hydrogen) atoms. The van der Waals surface area contributed by atoms with Crippen LogP contribution in [0.1, 0.15) is 35.0 Å². The third-order valence-electron chi connectivity index (χ3n) is 4.31. The van der Waals surface area contributed by atoms with E-state index in [2.05, 4.69) is 20.6 Å². The van der Waals surface area contributed by atoms with Gasteiger partial charge in [0.25, 0.3) is 5.91 Å². The highest BCUT2D eigenvalue weighted by Crippen LogP contribution is 2.22. The summed E-state index contributed by atoms with van der Waals surface area (Å²) in [6, 6.07) is 14.4. The summed E-state index contributed by atoms with van der Waals surface area (Å²) in [7, 11) is 0. The minimum atomic E-state index is -0.534. The monoisotopic (exact) mass is 392 g/mol. The van der Waals surface area contributed by atoms with E-state index >= 15 is 0 Å². The number of benzene rings is 2. The van der Waals surface area contributed by atoms with Crippen molar-refractivity contribution in [3.8, 4) is 22.6 Å². The number of aromatic nitrogens is 3. The van der Waals surface area contributed by atoms with Crippen molar-refractivity contribution in [2.45, 2.75) is 19.9 Å². The second kappa shape index (κ2) is 7.67. The molecule has 0 bridgehead atoms. The lowest BCUT2D eigenvalue weighted by Crippen LogP contribution is -2.26. The minimum absolute atomic E-state index is 0.0228. The number of nitrogens with zero attached hydrogens (tertiary/aromatic N) is 3. The van der Waals surface area contributed by atoms with E-state index in [-0.39, 0.29) is 17.5 Å². The molecule has 1 atom stereocenters. The number of amides is 1. The first kappa shape index (κ1) is 18.5. The second-order valence-corrected chi connectivity index (χ2v) is 6.60. The van der Waals surface area contributed by atoms with Crippen LogP contribution >= 0.6 is 0 Å². The first-order chi connectivity index (χ1) is 14.0. The van der Waals surface area contributed by atoms with Crippen molar-refractivity contribution < 1.29 is 18.2 Å². The molecule has 4 aromatic rings. The van der Waals surface area contributed by atoms with Crippen molar-refractivity contribution in [2.75, 3.05) is 0 Å². The summed E-state index contributed by atoms with van der Waals surface area (Å²) in [4.78, 5) is 16.8. The Bertz CT molecular complexity index is 1150. The van der Waals surface area contributed by atoms with Crippen LogP contribution in [0.5, 0.6) is 0 Å². The molecular weight excluding hydrogens is 375 g/mol.